The summed E-state index contributed by atoms with van der Waals surface area (Å²) in [5.74, 6) is -0.395. The molecule has 1 atom stereocenters. The van der Waals surface area contributed by atoms with Gasteiger partial charge in [-0.1, -0.05) is 52.7 Å². The van der Waals surface area contributed by atoms with Crippen molar-refractivity contribution >= 4 is 39.3 Å². The molecule has 29 heavy (non-hydrogen) atoms. The molecule has 2 N–H and O–H groups in total. The molecule has 0 radical (unpaired) electrons. The molecule has 0 bridgehead atoms. The van der Waals surface area contributed by atoms with Gasteiger partial charge in [-0.15, -0.1) is 0 Å². The molecule has 2 amide bonds. The largest absolute Gasteiger partial charge is 0.493 e. The minimum Gasteiger partial charge on any atom is -0.493 e. The zero-order chi connectivity index (χ0) is 21.6. The Labute approximate surface area is 184 Å². The van der Waals surface area contributed by atoms with Gasteiger partial charge in [0.15, 0.2) is 18.1 Å². The highest BCUT2D eigenvalue weighted by atomic mass is 79.9. The number of nitrogens with zero attached hydrogens (tertiary/aromatic N) is 1. The maximum atomic E-state index is 13.3. The monoisotopic (exact) mass is 482 g/mol. The zero-order valence-corrected chi connectivity index (χ0v) is 18.9. The van der Waals surface area contributed by atoms with E-state index in [4.69, 9.17) is 26.8 Å². The third-order valence-corrected chi connectivity index (χ3v) is 5.39. The van der Waals surface area contributed by atoms with Gasteiger partial charge in [0.25, 0.3) is 11.8 Å². The molecule has 0 saturated heterocycles. The van der Waals surface area contributed by atoms with Crippen LogP contribution < -0.4 is 15.2 Å². The van der Waals surface area contributed by atoms with Crippen LogP contribution in [0, 0.1) is 0 Å². The maximum absolute atomic E-state index is 13.3. The second kappa shape index (κ2) is 10.5. The molecular formula is C21H24BrClN2O4. The van der Waals surface area contributed by atoms with Crippen LogP contribution in [0.5, 0.6) is 11.5 Å². The molecule has 0 aliphatic carbocycles. The number of primary amides is 1. The molecule has 8 heteroatoms. The Hall–Kier alpha value is -2.25. The molecule has 0 fully saturated rings. The molecule has 0 saturated carbocycles. The van der Waals surface area contributed by atoms with Crippen molar-refractivity contribution in [3.63, 3.8) is 0 Å². The van der Waals surface area contributed by atoms with Crippen LogP contribution in [-0.2, 0) is 4.79 Å². The van der Waals surface area contributed by atoms with Crippen molar-refractivity contribution in [2.24, 2.45) is 5.73 Å². The highest BCUT2D eigenvalue weighted by Crippen LogP contribution is 2.37. The standard InChI is InChI=1S/C21H24BrClN2O4/c1-4-9-25(13(2)15-7-5-6-8-16(15)22)21(27)14-10-17(23)20(18(11-14)28-3)29-12-19(24)26/h5-8,10-11,13H,4,9,12H2,1-3H3,(H2,24,26). The summed E-state index contributed by atoms with van der Waals surface area (Å²) in [6.45, 7) is 4.23. The Morgan fingerprint density at radius 2 is 1.97 bits per heavy atom. The van der Waals surface area contributed by atoms with E-state index in [0.717, 1.165) is 16.5 Å². The summed E-state index contributed by atoms with van der Waals surface area (Å²) in [5, 5.41) is 0.166. The summed E-state index contributed by atoms with van der Waals surface area (Å²) < 4.78 is 11.6. The third-order valence-electron chi connectivity index (χ3n) is 4.38. The lowest BCUT2D eigenvalue weighted by atomic mass is 10.0. The maximum Gasteiger partial charge on any atom is 0.255 e. The molecule has 2 rings (SSSR count). The Morgan fingerprint density at radius 1 is 1.28 bits per heavy atom. The fourth-order valence-corrected chi connectivity index (χ4v) is 3.87. The lowest BCUT2D eigenvalue weighted by molar-refractivity contribution is -0.119. The molecule has 0 heterocycles. The van der Waals surface area contributed by atoms with Crippen LogP contribution in [0.2, 0.25) is 5.02 Å². The van der Waals surface area contributed by atoms with Crippen molar-refractivity contribution < 1.29 is 19.1 Å². The number of methoxy groups -OCH3 is 1. The van der Waals surface area contributed by atoms with Crippen molar-refractivity contribution in [3.8, 4) is 11.5 Å². The van der Waals surface area contributed by atoms with Crippen molar-refractivity contribution in [2.75, 3.05) is 20.3 Å². The summed E-state index contributed by atoms with van der Waals surface area (Å²) in [5.41, 5.74) is 6.50. The molecule has 6 nitrogen and oxygen atoms in total. The normalized spacial score (nSPS) is 11.6. The number of halogens is 2. The fourth-order valence-electron chi connectivity index (χ4n) is 2.99. The summed E-state index contributed by atoms with van der Waals surface area (Å²) in [6, 6.07) is 10.7. The van der Waals surface area contributed by atoms with Crippen molar-refractivity contribution in [3.05, 3.63) is 57.0 Å². The minimum atomic E-state index is -0.639. The number of amides is 2. The minimum absolute atomic E-state index is 0.159. The Morgan fingerprint density at radius 3 is 2.55 bits per heavy atom. The summed E-state index contributed by atoms with van der Waals surface area (Å²) >= 11 is 9.87. The fraction of sp³-hybridized carbons (Fsp3) is 0.333. The Kier molecular flexibility index (Phi) is 8.34. The summed E-state index contributed by atoms with van der Waals surface area (Å²) in [6.07, 6.45) is 0.797. The molecule has 2 aromatic rings. The van der Waals surface area contributed by atoms with E-state index < -0.39 is 5.91 Å². The van der Waals surface area contributed by atoms with E-state index in [0.29, 0.717) is 12.1 Å². The Bertz CT molecular complexity index is 891. The lowest BCUT2D eigenvalue weighted by Crippen LogP contribution is -2.34. The number of nitrogens with two attached hydrogens (primary N) is 1. The quantitative estimate of drug-likeness (QED) is 0.565. The first kappa shape index (κ1) is 23.0. The van der Waals surface area contributed by atoms with Gasteiger partial charge in [0.1, 0.15) is 0 Å². The number of hydrogen-bond donors (Lipinski definition) is 1. The van der Waals surface area contributed by atoms with Crippen LogP contribution in [0.25, 0.3) is 0 Å². The SMILES string of the molecule is CCCN(C(=O)c1cc(Cl)c(OCC(N)=O)c(OC)c1)C(C)c1ccccc1Br. The van der Waals surface area contributed by atoms with Crippen LogP contribution in [0.3, 0.4) is 0 Å². The average Bonchev–Trinajstić information content (AvgIpc) is 2.69. The molecule has 0 aromatic heterocycles. The van der Waals surface area contributed by atoms with Gasteiger partial charge in [-0.05, 0) is 37.1 Å². The average molecular weight is 484 g/mol. The summed E-state index contributed by atoms with van der Waals surface area (Å²) in [7, 11) is 1.44. The van der Waals surface area contributed by atoms with E-state index in [2.05, 4.69) is 15.9 Å². The first-order valence-electron chi connectivity index (χ1n) is 9.14. The van der Waals surface area contributed by atoms with E-state index in [1.54, 1.807) is 11.0 Å². The van der Waals surface area contributed by atoms with Crippen LogP contribution in [0.1, 0.15) is 42.2 Å². The highest BCUT2D eigenvalue weighted by molar-refractivity contribution is 9.10. The van der Waals surface area contributed by atoms with Gasteiger partial charge in [0.05, 0.1) is 18.2 Å². The number of benzene rings is 2. The molecule has 0 spiro atoms. The number of ether oxygens (including phenoxy) is 2. The third kappa shape index (κ3) is 5.64. The topological polar surface area (TPSA) is 81.9 Å². The van der Waals surface area contributed by atoms with Gasteiger partial charge in [0.2, 0.25) is 0 Å². The molecule has 0 aliphatic rings. The first-order chi connectivity index (χ1) is 13.8. The van der Waals surface area contributed by atoms with Crippen LogP contribution in [-0.4, -0.2) is 37.0 Å². The molecule has 156 valence electrons. The van der Waals surface area contributed by atoms with E-state index in [-0.39, 0.29) is 35.1 Å². The first-order valence-corrected chi connectivity index (χ1v) is 10.3. The molecule has 1 unspecified atom stereocenters. The van der Waals surface area contributed by atoms with Gasteiger partial charge < -0.3 is 20.1 Å². The number of carbonyl (C=O) groups is 2. The molecular weight excluding hydrogens is 460 g/mol. The highest BCUT2D eigenvalue weighted by Gasteiger charge is 2.25. The molecule has 2 aromatic carbocycles. The number of carbonyl (C=O) groups excluding carboxylic acids is 2. The van der Waals surface area contributed by atoms with E-state index in [1.807, 2.05) is 38.1 Å². The lowest BCUT2D eigenvalue weighted by Gasteiger charge is -2.30. The number of rotatable bonds is 9. The zero-order valence-electron chi connectivity index (χ0n) is 16.6. The van der Waals surface area contributed by atoms with Crippen LogP contribution in [0.4, 0.5) is 0 Å². The van der Waals surface area contributed by atoms with Crippen molar-refractivity contribution in [2.45, 2.75) is 26.3 Å². The van der Waals surface area contributed by atoms with Gasteiger partial charge in [-0.25, -0.2) is 0 Å². The van der Waals surface area contributed by atoms with Gasteiger partial charge in [-0.2, -0.15) is 0 Å². The summed E-state index contributed by atoms with van der Waals surface area (Å²) in [4.78, 5) is 26.1. The van der Waals surface area contributed by atoms with E-state index in [1.165, 1.54) is 13.2 Å². The second-order valence-electron chi connectivity index (χ2n) is 6.44. The predicted octanol–water partition coefficient (Wildman–Crippen LogP) is 4.59. The van der Waals surface area contributed by atoms with E-state index >= 15 is 0 Å². The molecule has 0 aliphatic heterocycles. The second-order valence-corrected chi connectivity index (χ2v) is 7.70. The smallest absolute Gasteiger partial charge is 0.255 e. The Balaban J connectivity index is 2.40. The van der Waals surface area contributed by atoms with Crippen molar-refractivity contribution in [1.29, 1.82) is 0 Å². The van der Waals surface area contributed by atoms with Crippen LogP contribution in [0.15, 0.2) is 40.9 Å². The van der Waals surface area contributed by atoms with Gasteiger partial charge in [0, 0.05) is 16.6 Å². The van der Waals surface area contributed by atoms with Crippen molar-refractivity contribution in [1.82, 2.24) is 4.90 Å². The van der Waals surface area contributed by atoms with Gasteiger partial charge >= 0.3 is 0 Å². The van der Waals surface area contributed by atoms with E-state index in [9.17, 15) is 9.59 Å². The van der Waals surface area contributed by atoms with Gasteiger partial charge in [-0.3, -0.25) is 9.59 Å². The number of hydrogen-bond acceptors (Lipinski definition) is 4. The predicted molar refractivity (Wildman–Crippen MR) is 117 cm³/mol. The van der Waals surface area contributed by atoms with Crippen LogP contribution >= 0.6 is 27.5 Å².